The van der Waals surface area contributed by atoms with Crippen LogP contribution in [0.15, 0.2) is 42.0 Å². The molecule has 1 aliphatic rings. The number of amides is 1. The second kappa shape index (κ2) is 12.5. The van der Waals surface area contributed by atoms with Crippen LogP contribution in [-0.2, 0) is 24.2 Å². The van der Waals surface area contributed by atoms with Crippen LogP contribution >= 0.6 is 45.5 Å². The summed E-state index contributed by atoms with van der Waals surface area (Å²) in [6.07, 6.45) is 5.38. The van der Waals surface area contributed by atoms with Gasteiger partial charge in [0.2, 0.25) is 0 Å². The van der Waals surface area contributed by atoms with Crippen LogP contribution in [0, 0.1) is 26.2 Å². The van der Waals surface area contributed by atoms with E-state index in [9.17, 15) is 15.3 Å². The van der Waals surface area contributed by atoms with Crippen LogP contribution in [0.2, 0.25) is 5.02 Å². The van der Waals surface area contributed by atoms with E-state index in [2.05, 4.69) is 34.0 Å². The van der Waals surface area contributed by atoms with Crippen LogP contribution in [-0.4, -0.2) is 12.5 Å². The van der Waals surface area contributed by atoms with E-state index in [0.29, 0.717) is 39.3 Å². The van der Waals surface area contributed by atoms with Crippen molar-refractivity contribution in [1.82, 2.24) is 0 Å². The summed E-state index contributed by atoms with van der Waals surface area (Å²) in [7, 11) is 0. The molecule has 0 bridgehead atoms. The molecule has 0 fully saturated rings. The number of nitrogens with one attached hydrogen (secondary N) is 1. The minimum absolute atomic E-state index is 0.0711. The lowest BCUT2D eigenvalue weighted by atomic mass is 9.96. The summed E-state index contributed by atoms with van der Waals surface area (Å²) in [6, 6.07) is 15.2. The molecule has 188 valence electrons. The normalized spacial score (nSPS) is 12.7. The smallest absolute Gasteiger partial charge is 0.266 e. The van der Waals surface area contributed by atoms with Crippen LogP contribution in [0.5, 0.6) is 11.5 Å². The zero-order valence-electron chi connectivity index (χ0n) is 20.1. The molecule has 9 heteroatoms. The van der Waals surface area contributed by atoms with Gasteiger partial charge in [0.15, 0.2) is 11.5 Å². The molecule has 0 atom stereocenters. The number of fused-ring (bicyclic) bond motifs is 1. The number of nitrogens with zero attached hydrogens (tertiary/aromatic N) is 2. The average molecular weight is 644 g/mol. The third kappa shape index (κ3) is 6.27. The van der Waals surface area contributed by atoms with Crippen molar-refractivity contribution in [3.05, 3.63) is 77.7 Å². The molecular formula is C28H23ClIN3O3S. The van der Waals surface area contributed by atoms with Crippen LogP contribution in [0.3, 0.4) is 0 Å². The topological polar surface area (TPSA) is 95.1 Å². The lowest BCUT2D eigenvalue weighted by Crippen LogP contribution is -2.13. The SMILES string of the molecule is CCOc1cc(/C=C(\C#N)C(=O)Nc2sc3c(c2C#N)CCCC3)cc(I)c1OCc1ccccc1Cl. The van der Waals surface area contributed by atoms with Gasteiger partial charge < -0.3 is 14.8 Å². The Morgan fingerprint density at radius 3 is 2.73 bits per heavy atom. The highest BCUT2D eigenvalue weighted by Crippen LogP contribution is 2.38. The first-order valence-electron chi connectivity index (χ1n) is 11.8. The van der Waals surface area contributed by atoms with Crippen molar-refractivity contribution in [3.63, 3.8) is 0 Å². The van der Waals surface area contributed by atoms with Gasteiger partial charge in [-0.15, -0.1) is 11.3 Å². The van der Waals surface area contributed by atoms with E-state index in [1.807, 2.05) is 43.3 Å². The van der Waals surface area contributed by atoms with Gasteiger partial charge in [0.1, 0.15) is 29.3 Å². The number of nitriles is 2. The van der Waals surface area contributed by atoms with E-state index in [4.69, 9.17) is 21.1 Å². The van der Waals surface area contributed by atoms with Gasteiger partial charge in [0.25, 0.3) is 5.91 Å². The Morgan fingerprint density at radius 1 is 1.22 bits per heavy atom. The molecule has 37 heavy (non-hydrogen) atoms. The van der Waals surface area contributed by atoms with E-state index in [1.165, 1.54) is 17.4 Å². The second-order valence-electron chi connectivity index (χ2n) is 8.29. The molecule has 0 spiro atoms. The van der Waals surface area contributed by atoms with E-state index in [1.54, 1.807) is 6.07 Å². The highest BCUT2D eigenvalue weighted by atomic mass is 127. The molecule has 0 unspecified atom stereocenters. The number of thiophene rings is 1. The summed E-state index contributed by atoms with van der Waals surface area (Å²) in [4.78, 5) is 14.2. The summed E-state index contributed by atoms with van der Waals surface area (Å²) in [5, 5.41) is 23.3. The minimum atomic E-state index is -0.551. The Morgan fingerprint density at radius 2 is 2.00 bits per heavy atom. The molecule has 1 heterocycles. The number of hydrogen-bond donors (Lipinski definition) is 1. The van der Waals surface area contributed by atoms with Crippen LogP contribution in [0.4, 0.5) is 5.00 Å². The molecule has 1 aliphatic carbocycles. The lowest BCUT2D eigenvalue weighted by Gasteiger charge is -2.15. The van der Waals surface area contributed by atoms with Gasteiger partial charge in [0, 0.05) is 15.5 Å². The van der Waals surface area contributed by atoms with Gasteiger partial charge in [-0.25, -0.2) is 0 Å². The van der Waals surface area contributed by atoms with Gasteiger partial charge >= 0.3 is 0 Å². The largest absolute Gasteiger partial charge is 0.490 e. The van der Waals surface area contributed by atoms with Crippen LogP contribution in [0.25, 0.3) is 6.08 Å². The lowest BCUT2D eigenvalue weighted by molar-refractivity contribution is -0.112. The molecule has 6 nitrogen and oxygen atoms in total. The molecule has 0 aliphatic heterocycles. The quantitative estimate of drug-likeness (QED) is 0.158. The van der Waals surface area contributed by atoms with Crippen molar-refractivity contribution in [2.24, 2.45) is 0 Å². The van der Waals surface area contributed by atoms with Crippen molar-refractivity contribution in [3.8, 4) is 23.6 Å². The predicted octanol–water partition coefficient (Wildman–Crippen LogP) is 7.28. The Kier molecular flexibility index (Phi) is 9.09. The molecule has 1 amide bonds. The Bertz CT molecular complexity index is 1450. The van der Waals surface area contributed by atoms with Crippen molar-refractivity contribution in [1.29, 1.82) is 10.5 Å². The first-order valence-corrected chi connectivity index (χ1v) is 14.0. The van der Waals surface area contributed by atoms with E-state index in [0.717, 1.165) is 45.3 Å². The maximum absolute atomic E-state index is 13.0. The molecule has 1 N–H and O–H groups in total. The molecule has 3 aromatic rings. The zero-order valence-corrected chi connectivity index (χ0v) is 23.8. The summed E-state index contributed by atoms with van der Waals surface area (Å²) in [5.74, 6) is 0.512. The minimum Gasteiger partial charge on any atom is -0.490 e. The molecule has 0 saturated heterocycles. The fourth-order valence-electron chi connectivity index (χ4n) is 4.10. The number of halogens is 2. The first kappa shape index (κ1) is 27.0. The zero-order chi connectivity index (χ0) is 26.4. The maximum Gasteiger partial charge on any atom is 0.266 e. The number of aryl methyl sites for hydroxylation is 1. The summed E-state index contributed by atoms with van der Waals surface area (Å²) in [6.45, 7) is 2.55. The number of anilines is 1. The Balaban J connectivity index is 1.58. The van der Waals surface area contributed by atoms with Crippen LogP contribution in [0.1, 0.15) is 46.9 Å². The number of carbonyl (C=O) groups is 1. The highest BCUT2D eigenvalue weighted by Gasteiger charge is 2.23. The van der Waals surface area contributed by atoms with E-state index >= 15 is 0 Å². The Hall–Kier alpha value is -3.05. The number of rotatable bonds is 8. The third-order valence-corrected chi connectivity index (χ3v) is 8.23. The van der Waals surface area contributed by atoms with Crippen molar-refractivity contribution in [2.45, 2.75) is 39.2 Å². The van der Waals surface area contributed by atoms with E-state index in [-0.39, 0.29) is 12.2 Å². The van der Waals surface area contributed by atoms with Gasteiger partial charge in [-0.3, -0.25) is 4.79 Å². The summed E-state index contributed by atoms with van der Waals surface area (Å²) in [5.41, 5.74) is 2.94. The monoisotopic (exact) mass is 643 g/mol. The fourth-order valence-corrected chi connectivity index (χ4v) is 6.30. The summed E-state index contributed by atoms with van der Waals surface area (Å²) < 4.78 is 12.6. The predicted molar refractivity (Wildman–Crippen MR) is 154 cm³/mol. The molecule has 2 aromatic carbocycles. The Labute approximate surface area is 238 Å². The van der Waals surface area contributed by atoms with Gasteiger partial charge in [-0.1, -0.05) is 29.8 Å². The van der Waals surface area contributed by atoms with Gasteiger partial charge in [0.05, 0.1) is 15.7 Å². The number of benzene rings is 2. The molecule has 0 saturated carbocycles. The number of ether oxygens (including phenoxy) is 2. The van der Waals surface area contributed by atoms with Crippen molar-refractivity contribution < 1.29 is 14.3 Å². The maximum atomic E-state index is 13.0. The molecule has 1 aromatic heterocycles. The third-order valence-electron chi connectivity index (χ3n) is 5.85. The van der Waals surface area contributed by atoms with Crippen molar-refractivity contribution in [2.75, 3.05) is 11.9 Å². The molecule has 4 rings (SSSR count). The van der Waals surface area contributed by atoms with E-state index < -0.39 is 5.91 Å². The number of carbonyl (C=O) groups excluding carboxylic acids is 1. The standard InChI is InChI=1S/C28H23ClIN3O3S/c1-2-35-24-13-17(12-23(30)26(24)36-16-18-7-3-5-9-22(18)29)11-19(14-31)27(34)33-28-21(15-32)20-8-4-6-10-25(20)37-28/h3,5,7,9,11-13H,2,4,6,8,10,16H2,1H3,(H,33,34)/b19-11+. The average Bonchev–Trinajstić information content (AvgIpc) is 3.24. The molecule has 0 radical (unpaired) electrons. The summed E-state index contributed by atoms with van der Waals surface area (Å²) >= 11 is 9.83. The van der Waals surface area contributed by atoms with Crippen LogP contribution < -0.4 is 14.8 Å². The number of hydrogen-bond acceptors (Lipinski definition) is 6. The fraction of sp³-hybridized carbons (Fsp3) is 0.250. The first-order chi connectivity index (χ1) is 17.9. The van der Waals surface area contributed by atoms with Gasteiger partial charge in [-0.2, -0.15) is 10.5 Å². The van der Waals surface area contributed by atoms with Crippen molar-refractivity contribution >= 4 is 62.5 Å². The van der Waals surface area contributed by atoms with Gasteiger partial charge in [-0.05, 0) is 90.6 Å². The molecular weight excluding hydrogens is 621 g/mol. The second-order valence-corrected chi connectivity index (χ2v) is 11.0. The highest BCUT2D eigenvalue weighted by molar-refractivity contribution is 14.1.